The Morgan fingerprint density at radius 1 is 1.33 bits per heavy atom. The molecule has 0 radical (unpaired) electrons. The van der Waals surface area contributed by atoms with Gasteiger partial charge in [-0.15, -0.1) is 0 Å². The molecule has 110 valence electrons. The van der Waals surface area contributed by atoms with Crippen LogP contribution in [-0.2, 0) is 12.8 Å². The van der Waals surface area contributed by atoms with Crippen molar-refractivity contribution in [2.24, 2.45) is 0 Å². The first-order valence-electron chi connectivity index (χ1n) is 7.03. The molecule has 1 aliphatic heterocycles. The summed E-state index contributed by atoms with van der Waals surface area (Å²) in [7, 11) is 1.98. The number of para-hydroxylation sites is 1. The van der Waals surface area contributed by atoms with Crippen LogP contribution in [0.5, 0.6) is 5.75 Å². The molecule has 0 spiro atoms. The Balaban J connectivity index is 1.75. The first-order valence-corrected chi connectivity index (χ1v) is 8.20. The van der Waals surface area contributed by atoms with Crippen LogP contribution in [0, 0.1) is 0 Å². The van der Waals surface area contributed by atoms with Crippen molar-refractivity contribution in [2.75, 3.05) is 7.05 Å². The molecule has 0 aliphatic carbocycles. The van der Waals surface area contributed by atoms with Gasteiger partial charge < -0.3 is 10.1 Å². The molecule has 1 heterocycles. The van der Waals surface area contributed by atoms with Gasteiger partial charge in [-0.3, -0.25) is 0 Å². The molecule has 4 heteroatoms. The number of fused-ring (bicyclic) bond motifs is 1. The van der Waals surface area contributed by atoms with Gasteiger partial charge in [-0.25, -0.2) is 0 Å². The van der Waals surface area contributed by atoms with E-state index in [1.165, 1.54) is 5.56 Å². The molecule has 3 rings (SSSR count). The van der Waals surface area contributed by atoms with Crippen LogP contribution in [0.3, 0.4) is 0 Å². The molecule has 2 atom stereocenters. The molecule has 0 amide bonds. The predicted molar refractivity (Wildman–Crippen MR) is 90.3 cm³/mol. The largest absolute Gasteiger partial charge is 0.488 e. The van der Waals surface area contributed by atoms with E-state index in [2.05, 4.69) is 39.4 Å². The van der Waals surface area contributed by atoms with Gasteiger partial charge in [-0.1, -0.05) is 51.8 Å². The Bertz CT molecular complexity index is 621. The smallest absolute Gasteiger partial charge is 0.123 e. The van der Waals surface area contributed by atoms with Gasteiger partial charge >= 0.3 is 0 Å². The Labute approximate surface area is 138 Å². The van der Waals surface area contributed by atoms with Crippen LogP contribution >= 0.6 is 27.5 Å². The number of ether oxygens (including phenoxy) is 1. The molecule has 1 aliphatic rings. The quantitative estimate of drug-likeness (QED) is 0.874. The van der Waals surface area contributed by atoms with Gasteiger partial charge in [0.05, 0.1) is 0 Å². The van der Waals surface area contributed by atoms with Crippen LogP contribution in [0.25, 0.3) is 0 Å². The summed E-state index contributed by atoms with van der Waals surface area (Å²) < 4.78 is 7.08. The van der Waals surface area contributed by atoms with Gasteiger partial charge in [-0.2, -0.15) is 0 Å². The average molecular weight is 367 g/mol. The molecule has 21 heavy (non-hydrogen) atoms. The molecule has 0 saturated carbocycles. The minimum Gasteiger partial charge on any atom is -0.488 e. The maximum Gasteiger partial charge on any atom is 0.123 e. The highest BCUT2D eigenvalue weighted by molar-refractivity contribution is 9.10. The Kier molecular flexibility index (Phi) is 4.53. The zero-order valence-corrected chi connectivity index (χ0v) is 14.1. The zero-order chi connectivity index (χ0) is 14.8. The van der Waals surface area contributed by atoms with E-state index in [9.17, 15) is 0 Å². The van der Waals surface area contributed by atoms with Crippen molar-refractivity contribution in [3.8, 4) is 5.75 Å². The summed E-state index contributed by atoms with van der Waals surface area (Å²) in [5.41, 5.74) is 2.42. The molecule has 2 unspecified atom stereocenters. The van der Waals surface area contributed by atoms with E-state index in [1.807, 2.05) is 31.3 Å². The summed E-state index contributed by atoms with van der Waals surface area (Å²) in [5, 5.41) is 4.17. The highest BCUT2D eigenvalue weighted by Crippen LogP contribution is 2.31. The van der Waals surface area contributed by atoms with Gasteiger partial charge in [0, 0.05) is 22.0 Å². The van der Waals surface area contributed by atoms with Crippen LogP contribution in [0.4, 0.5) is 0 Å². The number of likely N-dealkylation sites (N-methyl/N-ethyl adjacent to an activating group) is 1. The van der Waals surface area contributed by atoms with Crippen LogP contribution in [0.2, 0.25) is 5.02 Å². The van der Waals surface area contributed by atoms with E-state index < -0.39 is 0 Å². The topological polar surface area (TPSA) is 21.3 Å². The Morgan fingerprint density at radius 3 is 2.86 bits per heavy atom. The van der Waals surface area contributed by atoms with Gasteiger partial charge in [0.2, 0.25) is 0 Å². The SMILES string of the molecule is CNC(Cc1ccc(Br)cc1Cl)C1Cc2ccccc2O1. The summed E-state index contributed by atoms with van der Waals surface area (Å²) >= 11 is 9.77. The lowest BCUT2D eigenvalue weighted by Crippen LogP contribution is -2.42. The fourth-order valence-electron chi connectivity index (χ4n) is 2.78. The molecule has 2 nitrogen and oxygen atoms in total. The fourth-order valence-corrected chi connectivity index (χ4v) is 3.53. The number of rotatable bonds is 4. The molecule has 2 aromatic rings. The van der Waals surface area contributed by atoms with Gasteiger partial charge in [0.25, 0.3) is 0 Å². The summed E-state index contributed by atoms with van der Waals surface area (Å²) in [4.78, 5) is 0. The third-order valence-corrected chi connectivity index (χ3v) is 4.79. The number of hydrogen-bond acceptors (Lipinski definition) is 2. The van der Waals surface area contributed by atoms with Crippen molar-refractivity contribution in [3.63, 3.8) is 0 Å². The third-order valence-electron chi connectivity index (χ3n) is 3.95. The molecular formula is C17H17BrClNO. The van der Waals surface area contributed by atoms with E-state index in [0.29, 0.717) is 0 Å². The second-order valence-electron chi connectivity index (χ2n) is 5.30. The summed E-state index contributed by atoms with van der Waals surface area (Å²) in [5.74, 6) is 1.00. The van der Waals surface area contributed by atoms with Crippen LogP contribution < -0.4 is 10.1 Å². The normalized spacial score (nSPS) is 18.1. The second kappa shape index (κ2) is 6.39. The van der Waals surface area contributed by atoms with Crippen LogP contribution in [0.15, 0.2) is 46.9 Å². The molecule has 0 aromatic heterocycles. The second-order valence-corrected chi connectivity index (χ2v) is 6.63. The fraction of sp³-hybridized carbons (Fsp3) is 0.294. The van der Waals surface area contributed by atoms with Gasteiger partial charge in [0.15, 0.2) is 0 Å². The lowest BCUT2D eigenvalue weighted by atomic mass is 9.98. The van der Waals surface area contributed by atoms with E-state index in [1.54, 1.807) is 0 Å². The molecule has 2 aromatic carbocycles. The summed E-state index contributed by atoms with van der Waals surface area (Å²) in [6, 6.07) is 14.5. The summed E-state index contributed by atoms with van der Waals surface area (Å²) in [6.07, 6.45) is 1.93. The first kappa shape index (κ1) is 14.9. The van der Waals surface area contributed by atoms with Crippen molar-refractivity contribution in [1.29, 1.82) is 0 Å². The van der Waals surface area contributed by atoms with Gasteiger partial charge in [0.1, 0.15) is 11.9 Å². The maximum absolute atomic E-state index is 6.33. The molecule has 0 bridgehead atoms. The van der Waals surface area contributed by atoms with Crippen molar-refractivity contribution in [3.05, 3.63) is 63.1 Å². The highest BCUT2D eigenvalue weighted by atomic mass is 79.9. The highest BCUT2D eigenvalue weighted by Gasteiger charge is 2.29. The monoisotopic (exact) mass is 365 g/mol. The third kappa shape index (κ3) is 3.25. The van der Waals surface area contributed by atoms with Crippen molar-refractivity contribution < 1.29 is 4.74 Å². The molecule has 0 fully saturated rings. The van der Waals surface area contributed by atoms with Gasteiger partial charge in [-0.05, 0) is 42.8 Å². The van der Waals surface area contributed by atoms with E-state index in [-0.39, 0.29) is 12.1 Å². The summed E-state index contributed by atoms with van der Waals surface area (Å²) in [6.45, 7) is 0. The number of hydrogen-bond donors (Lipinski definition) is 1. The lowest BCUT2D eigenvalue weighted by molar-refractivity contribution is 0.182. The van der Waals surface area contributed by atoms with Crippen LogP contribution in [-0.4, -0.2) is 19.2 Å². The van der Waals surface area contributed by atoms with Crippen LogP contribution in [0.1, 0.15) is 11.1 Å². The number of benzene rings is 2. The van der Waals surface area contributed by atoms with E-state index >= 15 is 0 Å². The van der Waals surface area contributed by atoms with E-state index in [4.69, 9.17) is 16.3 Å². The Hall–Kier alpha value is -1.03. The standard InChI is InChI=1S/C17H17BrClNO/c1-20-15(8-11-6-7-13(18)10-14(11)19)17-9-12-4-2-3-5-16(12)21-17/h2-7,10,15,17,20H,8-9H2,1H3. The molecular weight excluding hydrogens is 350 g/mol. The van der Waals surface area contributed by atoms with E-state index in [0.717, 1.165) is 33.6 Å². The maximum atomic E-state index is 6.33. The Morgan fingerprint density at radius 2 is 2.14 bits per heavy atom. The zero-order valence-electron chi connectivity index (χ0n) is 11.8. The minimum absolute atomic E-state index is 0.145. The number of halogens is 2. The van der Waals surface area contributed by atoms with Crippen molar-refractivity contribution in [1.82, 2.24) is 5.32 Å². The lowest BCUT2D eigenvalue weighted by Gasteiger charge is -2.23. The van der Waals surface area contributed by atoms with Crippen molar-refractivity contribution >= 4 is 27.5 Å². The number of nitrogens with one attached hydrogen (secondary N) is 1. The minimum atomic E-state index is 0.145. The molecule has 0 saturated heterocycles. The molecule has 1 N–H and O–H groups in total. The average Bonchev–Trinajstić information content (AvgIpc) is 2.90. The predicted octanol–water partition coefficient (Wildman–Crippen LogP) is 4.24. The van der Waals surface area contributed by atoms with Crippen molar-refractivity contribution in [2.45, 2.75) is 25.0 Å². The first-order chi connectivity index (χ1) is 10.2.